The van der Waals surface area contributed by atoms with Crippen LogP contribution in [0, 0.1) is 0 Å². The number of hydrogen-bond donors (Lipinski definition) is 1. The van der Waals surface area contributed by atoms with Gasteiger partial charge in [0.25, 0.3) is 0 Å². The molecule has 0 fully saturated rings. The van der Waals surface area contributed by atoms with Gasteiger partial charge in [0.2, 0.25) is 0 Å². The SMILES string of the molecule is CC(Cl)(Cl)C(O)CCCl. The van der Waals surface area contributed by atoms with Crippen molar-refractivity contribution in [3.05, 3.63) is 0 Å². The molecule has 0 saturated carbocycles. The van der Waals surface area contributed by atoms with E-state index in [9.17, 15) is 0 Å². The third-order valence-corrected chi connectivity index (χ3v) is 1.69. The second-order valence-electron chi connectivity index (χ2n) is 1.95. The van der Waals surface area contributed by atoms with E-state index in [-0.39, 0.29) is 0 Å². The maximum Gasteiger partial charge on any atom is 0.141 e. The monoisotopic (exact) mass is 190 g/mol. The van der Waals surface area contributed by atoms with Gasteiger partial charge in [-0.15, -0.1) is 11.6 Å². The number of alkyl halides is 3. The predicted octanol–water partition coefficient (Wildman–Crippen LogP) is 2.17. The first-order valence-corrected chi connectivity index (χ1v) is 3.89. The smallest absolute Gasteiger partial charge is 0.141 e. The molecular formula is C5H9Cl3O. The summed E-state index contributed by atoms with van der Waals surface area (Å²) < 4.78 is -1.07. The van der Waals surface area contributed by atoms with Gasteiger partial charge >= 0.3 is 0 Å². The van der Waals surface area contributed by atoms with Crippen LogP contribution in [0.5, 0.6) is 0 Å². The van der Waals surface area contributed by atoms with Crippen LogP contribution in [0.3, 0.4) is 0 Å². The number of rotatable bonds is 3. The lowest BCUT2D eigenvalue weighted by Gasteiger charge is -2.19. The summed E-state index contributed by atoms with van der Waals surface area (Å²) >= 11 is 16.4. The Balaban J connectivity index is 3.59. The highest BCUT2D eigenvalue weighted by atomic mass is 35.5. The summed E-state index contributed by atoms with van der Waals surface area (Å²) in [6.45, 7) is 1.54. The molecule has 1 N–H and O–H groups in total. The average Bonchev–Trinajstić information content (AvgIpc) is 1.64. The van der Waals surface area contributed by atoms with E-state index in [0.29, 0.717) is 12.3 Å². The van der Waals surface area contributed by atoms with Crippen molar-refractivity contribution in [3.63, 3.8) is 0 Å². The fourth-order valence-corrected chi connectivity index (χ4v) is 0.782. The molecule has 0 aliphatic heterocycles. The summed E-state index contributed by atoms with van der Waals surface area (Å²) in [7, 11) is 0. The summed E-state index contributed by atoms with van der Waals surface area (Å²) in [5, 5.41) is 9.04. The third-order valence-electron chi connectivity index (χ3n) is 0.968. The summed E-state index contributed by atoms with van der Waals surface area (Å²) in [4.78, 5) is 0. The van der Waals surface area contributed by atoms with Crippen LogP contribution in [0.15, 0.2) is 0 Å². The van der Waals surface area contributed by atoms with Crippen molar-refractivity contribution in [1.82, 2.24) is 0 Å². The standard InChI is InChI=1S/C5H9Cl3O/c1-5(7,8)4(9)2-3-6/h4,9H,2-3H2,1H3. The second-order valence-corrected chi connectivity index (χ2v) is 4.09. The molecule has 0 aliphatic rings. The van der Waals surface area contributed by atoms with Crippen molar-refractivity contribution in [2.45, 2.75) is 23.8 Å². The lowest BCUT2D eigenvalue weighted by Crippen LogP contribution is -2.27. The topological polar surface area (TPSA) is 20.2 Å². The van der Waals surface area contributed by atoms with Gasteiger partial charge in [-0.2, -0.15) is 0 Å². The first-order chi connectivity index (χ1) is 3.98. The van der Waals surface area contributed by atoms with Gasteiger partial charge in [0.15, 0.2) is 0 Å². The minimum atomic E-state index is -1.07. The summed E-state index contributed by atoms with van der Waals surface area (Å²) in [5.41, 5.74) is 0. The van der Waals surface area contributed by atoms with E-state index in [2.05, 4.69) is 0 Å². The van der Waals surface area contributed by atoms with Gasteiger partial charge in [-0.3, -0.25) is 0 Å². The highest BCUT2D eigenvalue weighted by Gasteiger charge is 2.26. The molecule has 0 spiro atoms. The summed E-state index contributed by atoms with van der Waals surface area (Å²) in [5.74, 6) is 0.371. The summed E-state index contributed by atoms with van der Waals surface area (Å²) in [6, 6.07) is 0. The van der Waals surface area contributed by atoms with Crippen molar-refractivity contribution in [3.8, 4) is 0 Å². The van der Waals surface area contributed by atoms with Crippen LogP contribution in [0.2, 0.25) is 0 Å². The molecule has 9 heavy (non-hydrogen) atoms. The van der Waals surface area contributed by atoms with Gasteiger partial charge in [-0.1, -0.05) is 23.2 Å². The first kappa shape index (κ1) is 9.83. The Hall–Kier alpha value is 0.830. The predicted molar refractivity (Wildman–Crippen MR) is 41.5 cm³/mol. The number of hydrogen-bond acceptors (Lipinski definition) is 1. The number of aliphatic hydroxyl groups excluding tert-OH is 1. The minimum absolute atomic E-state index is 0.371. The molecule has 0 heterocycles. The van der Waals surface area contributed by atoms with Crippen molar-refractivity contribution in [2.24, 2.45) is 0 Å². The molecule has 0 aromatic carbocycles. The average molecular weight is 191 g/mol. The lowest BCUT2D eigenvalue weighted by molar-refractivity contribution is 0.158. The second kappa shape index (κ2) is 3.87. The zero-order valence-electron chi connectivity index (χ0n) is 5.07. The maximum absolute atomic E-state index is 9.04. The van der Waals surface area contributed by atoms with Gasteiger partial charge in [-0.05, 0) is 13.3 Å². The van der Waals surface area contributed by atoms with Crippen LogP contribution in [-0.4, -0.2) is 21.4 Å². The molecule has 56 valence electrons. The van der Waals surface area contributed by atoms with Crippen molar-refractivity contribution in [2.75, 3.05) is 5.88 Å². The van der Waals surface area contributed by atoms with Crippen molar-refractivity contribution < 1.29 is 5.11 Å². The Bertz CT molecular complexity index is 78.8. The third kappa shape index (κ3) is 4.26. The van der Waals surface area contributed by atoms with Gasteiger partial charge in [0.1, 0.15) is 4.33 Å². The first-order valence-electron chi connectivity index (χ1n) is 2.60. The molecule has 0 amide bonds. The molecule has 0 bridgehead atoms. The molecule has 1 atom stereocenters. The Labute approximate surface area is 69.9 Å². The van der Waals surface area contributed by atoms with Crippen LogP contribution in [0.25, 0.3) is 0 Å². The molecule has 0 aliphatic carbocycles. The van der Waals surface area contributed by atoms with E-state index in [1.807, 2.05) is 0 Å². The van der Waals surface area contributed by atoms with E-state index in [4.69, 9.17) is 39.9 Å². The van der Waals surface area contributed by atoms with Crippen LogP contribution in [0.4, 0.5) is 0 Å². The Morgan fingerprint density at radius 2 is 2.00 bits per heavy atom. The lowest BCUT2D eigenvalue weighted by atomic mass is 10.2. The Morgan fingerprint density at radius 3 is 2.11 bits per heavy atom. The summed E-state index contributed by atoms with van der Waals surface area (Å²) in [6.07, 6.45) is -0.316. The zero-order chi connectivity index (χ0) is 7.49. The molecule has 1 nitrogen and oxygen atoms in total. The molecule has 0 aromatic heterocycles. The molecular weight excluding hydrogens is 182 g/mol. The van der Waals surface area contributed by atoms with Crippen LogP contribution in [0.1, 0.15) is 13.3 Å². The molecule has 0 saturated heterocycles. The van der Waals surface area contributed by atoms with Crippen LogP contribution in [-0.2, 0) is 0 Å². The van der Waals surface area contributed by atoms with Gasteiger partial charge in [0, 0.05) is 5.88 Å². The fraction of sp³-hybridized carbons (Fsp3) is 1.00. The quantitative estimate of drug-likeness (QED) is 0.678. The molecule has 4 heteroatoms. The highest BCUT2D eigenvalue weighted by molar-refractivity contribution is 6.48. The highest BCUT2D eigenvalue weighted by Crippen LogP contribution is 2.26. The van der Waals surface area contributed by atoms with Gasteiger partial charge < -0.3 is 5.11 Å². The number of halogens is 3. The Kier molecular flexibility index (Phi) is 4.22. The van der Waals surface area contributed by atoms with Crippen LogP contribution >= 0.6 is 34.8 Å². The molecule has 0 rings (SSSR count). The van der Waals surface area contributed by atoms with E-state index < -0.39 is 10.4 Å². The molecule has 0 radical (unpaired) electrons. The van der Waals surface area contributed by atoms with E-state index in [1.165, 1.54) is 6.92 Å². The fourth-order valence-electron chi connectivity index (χ4n) is 0.357. The van der Waals surface area contributed by atoms with E-state index in [0.717, 1.165) is 0 Å². The van der Waals surface area contributed by atoms with Crippen molar-refractivity contribution in [1.29, 1.82) is 0 Å². The van der Waals surface area contributed by atoms with Gasteiger partial charge in [-0.25, -0.2) is 0 Å². The number of aliphatic hydroxyl groups is 1. The Morgan fingerprint density at radius 1 is 1.56 bits per heavy atom. The normalized spacial score (nSPS) is 15.7. The molecule has 0 aromatic rings. The zero-order valence-corrected chi connectivity index (χ0v) is 7.34. The minimum Gasteiger partial charge on any atom is -0.390 e. The molecule has 1 unspecified atom stereocenters. The van der Waals surface area contributed by atoms with Gasteiger partial charge in [0.05, 0.1) is 6.10 Å². The van der Waals surface area contributed by atoms with E-state index >= 15 is 0 Å². The van der Waals surface area contributed by atoms with Crippen molar-refractivity contribution >= 4 is 34.8 Å². The maximum atomic E-state index is 9.04. The van der Waals surface area contributed by atoms with Crippen LogP contribution < -0.4 is 0 Å². The van der Waals surface area contributed by atoms with E-state index in [1.54, 1.807) is 0 Å². The largest absolute Gasteiger partial charge is 0.390 e.